The smallest absolute Gasteiger partial charge is 0.149 e. The molecule has 0 spiro atoms. The minimum atomic E-state index is 0.515. The highest BCUT2D eigenvalue weighted by molar-refractivity contribution is 9.10. The van der Waals surface area contributed by atoms with Crippen molar-refractivity contribution in [2.24, 2.45) is 0 Å². The lowest BCUT2D eigenvalue weighted by molar-refractivity contribution is 0.864. The van der Waals surface area contributed by atoms with Crippen molar-refractivity contribution in [3.05, 3.63) is 57.8 Å². The number of benzene rings is 2. The molecule has 0 unspecified atom stereocenters. The van der Waals surface area contributed by atoms with Crippen LogP contribution in [0.4, 0.5) is 5.69 Å². The van der Waals surface area contributed by atoms with E-state index < -0.39 is 0 Å². The van der Waals surface area contributed by atoms with E-state index in [9.17, 15) is 5.26 Å². The summed E-state index contributed by atoms with van der Waals surface area (Å²) in [5.74, 6) is 0.594. The van der Waals surface area contributed by atoms with Crippen molar-refractivity contribution in [3.8, 4) is 6.07 Å². The second-order valence-electron chi connectivity index (χ2n) is 6.16. The lowest BCUT2D eigenvalue weighted by atomic mass is 10.1. The molecule has 1 heterocycles. The number of nitrogens with zero attached hydrogens (tertiary/aromatic N) is 3. The summed E-state index contributed by atoms with van der Waals surface area (Å²) in [6.45, 7) is 8.22. The van der Waals surface area contributed by atoms with Crippen molar-refractivity contribution < 1.29 is 0 Å². The van der Waals surface area contributed by atoms with Gasteiger partial charge in [-0.2, -0.15) is 5.26 Å². The number of aryl methyl sites for hydroxylation is 1. The van der Waals surface area contributed by atoms with Crippen LogP contribution in [0.2, 0.25) is 0 Å². The average molecular weight is 409 g/mol. The highest BCUT2D eigenvalue weighted by Gasteiger charge is 2.10. The van der Waals surface area contributed by atoms with Crippen molar-refractivity contribution in [1.82, 2.24) is 9.97 Å². The number of hydrogen-bond donors (Lipinski definition) is 1. The summed E-state index contributed by atoms with van der Waals surface area (Å²) in [5, 5.41) is 9.61. The maximum Gasteiger partial charge on any atom is 0.149 e. The Morgan fingerprint density at radius 3 is 2.65 bits per heavy atom. The number of rotatable bonds is 5. The maximum absolute atomic E-state index is 9.61. The number of aromatic nitrogens is 2. The van der Waals surface area contributed by atoms with Gasteiger partial charge in [0.05, 0.1) is 22.3 Å². The van der Waals surface area contributed by atoms with Crippen molar-refractivity contribution in [2.75, 3.05) is 18.0 Å². The summed E-state index contributed by atoms with van der Waals surface area (Å²) in [4.78, 5) is 10.1. The number of H-pyrrole nitrogens is 1. The highest BCUT2D eigenvalue weighted by atomic mass is 79.9. The van der Waals surface area contributed by atoms with Gasteiger partial charge in [-0.3, -0.25) is 0 Å². The molecule has 26 heavy (non-hydrogen) atoms. The Balaban J connectivity index is 1.98. The fourth-order valence-electron chi connectivity index (χ4n) is 3.00. The lowest BCUT2D eigenvalue weighted by Crippen LogP contribution is -2.22. The van der Waals surface area contributed by atoms with Crippen molar-refractivity contribution >= 4 is 44.3 Å². The molecule has 4 nitrogen and oxygen atoms in total. The number of aromatic amines is 1. The van der Waals surface area contributed by atoms with E-state index in [1.807, 2.05) is 43.3 Å². The van der Waals surface area contributed by atoms with E-state index in [2.05, 4.69) is 56.8 Å². The second kappa shape index (κ2) is 7.76. The molecule has 0 radical (unpaired) electrons. The van der Waals surface area contributed by atoms with Gasteiger partial charge in [0, 0.05) is 17.6 Å². The Kier molecular flexibility index (Phi) is 5.43. The minimum Gasteiger partial charge on any atom is -0.371 e. The quantitative estimate of drug-likeness (QED) is 0.563. The van der Waals surface area contributed by atoms with Crippen molar-refractivity contribution in [2.45, 2.75) is 20.8 Å². The van der Waals surface area contributed by atoms with E-state index in [0.717, 1.165) is 45.4 Å². The lowest BCUT2D eigenvalue weighted by Gasteiger charge is -2.22. The molecule has 0 saturated carbocycles. The number of fused-ring (bicyclic) bond motifs is 1. The largest absolute Gasteiger partial charge is 0.371 e. The number of imidazole rings is 1. The number of anilines is 1. The Bertz CT molecular complexity index is 1010. The zero-order chi connectivity index (χ0) is 18.7. The zero-order valence-corrected chi connectivity index (χ0v) is 16.8. The zero-order valence-electron chi connectivity index (χ0n) is 15.2. The standard InChI is InChI=1S/C21H21BrN4/c1-4-26(5-2)20-9-7-15(12-17(20)22)11-16(13-23)21-24-18-8-6-14(3)10-19(18)25-21/h6-12H,4-5H2,1-3H3,(H,24,25)/b16-11-. The number of nitriles is 1. The molecule has 3 aromatic rings. The molecule has 5 heteroatoms. The predicted octanol–water partition coefficient (Wildman–Crippen LogP) is 5.54. The van der Waals surface area contributed by atoms with Crippen LogP contribution >= 0.6 is 15.9 Å². The van der Waals surface area contributed by atoms with E-state index in [1.165, 1.54) is 0 Å². The third-order valence-corrected chi connectivity index (χ3v) is 5.03. The topological polar surface area (TPSA) is 55.7 Å². The van der Waals surface area contributed by atoms with Crippen LogP contribution in [0.1, 0.15) is 30.8 Å². The number of nitrogens with one attached hydrogen (secondary N) is 1. The average Bonchev–Trinajstić information content (AvgIpc) is 3.05. The van der Waals surface area contributed by atoms with Crippen LogP contribution in [-0.4, -0.2) is 23.1 Å². The normalized spacial score (nSPS) is 11.6. The summed E-state index contributed by atoms with van der Waals surface area (Å²) in [6.07, 6.45) is 1.86. The van der Waals surface area contributed by atoms with E-state index in [0.29, 0.717) is 11.4 Å². The van der Waals surface area contributed by atoms with E-state index in [4.69, 9.17) is 0 Å². The first kappa shape index (κ1) is 18.2. The monoisotopic (exact) mass is 408 g/mol. The van der Waals surface area contributed by atoms with Gasteiger partial charge >= 0.3 is 0 Å². The molecule has 0 amide bonds. The van der Waals surface area contributed by atoms with Gasteiger partial charge in [-0.1, -0.05) is 12.1 Å². The predicted molar refractivity (Wildman–Crippen MR) is 112 cm³/mol. The van der Waals surface area contributed by atoms with E-state index in [-0.39, 0.29) is 0 Å². The Morgan fingerprint density at radius 1 is 1.23 bits per heavy atom. The number of hydrogen-bond acceptors (Lipinski definition) is 3. The molecule has 0 aliphatic carbocycles. The summed E-state index contributed by atoms with van der Waals surface area (Å²) in [5.41, 5.74) is 5.60. The Hall–Kier alpha value is -2.58. The van der Waals surface area contributed by atoms with Crippen LogP contribution in [-0.2, 0) is 0 Å². The Labute approximate surface area is 162 Å². The first-order valence-corrected chi connectivity index (χ1v) is 9.48. The van der Waals surface area contributed by atoms with Crippen LogP contribution in [0.15, 0.2) is 40.9 Å². The molecule has 0 bridgehead atoms. The van der Waals surface area contributed by atoms with Crippen molar-refractivity contribution in [1.29, 1.82) is 5.26 Å². The SMILES string of the molecule is CCN(CC)c1ccc(/C=C(/C#N)c2nc3ccc(C)cc3[nH]2)cc1Br. The molecular formula is C21H21BrN4. The van der Waals surface area contributed by atoms with Gasteiger partial charge in [0.25, 0.3) is 0 Å². The second-order valence-corrected chi connectivity index (χ2v) is 7.01. The third kappa shape index (κ3) is 3.66. The van der Waals surface area contributed by atoms with Crippen molar-refractivity contribution in [3.63, 3.8) is 0 Å². The number of halogens is 1. The molecule has 132 valence electrons. The molecule has 3 rings (SSSR count). The molecule has 0 aliphatic heterocycles. The fraction of sp³-hybridized carbons (Fsp3) is 0.238. The van der Waals surface area contributed by atoms with Crippen LogP contribution in [0.25, 0.3) is 22.7 Å². The first-order chi connectivity index (χ1) is 12.5. The third-order valence-electron chi connectivity index (χ3n) is 4.40. The van der Waals surface area contributed by atoms with Gasteiger partial charge in [-0.25, -0.2) is 4.98 Å². The Morgan fingerprint density at radius 2 is 2.00 bits per heavy atom. The van der Waals surface area contributed by atoms with Crippen LogP contribution in [0, 0.1) is 18.3 Å². The molecule has 0 aliphatic rings. The molecule has 0 atom stereocenters. The van der Waals surface area contributed by atoms with E-state index >= 15 is 0 Å². The molecular weight excluding hydrogens is 388 g/mol. The minimum absolute atomic E-state index is 0.515. The van der Waals surface area contributed by atoms with Gasteiger partial charge in [0.15, 0.2) is 0 Å². The van der Waals surface area contributed by atoms with Gasteiger partial charge in [-0.15, -0.1) is 0 Å². The van der Waals surface area contributed by atoms with Crippen LogP contribution in [0.3, 0.4) is 0 Å². The summed E-state index contributed by atoms with van der Waals surface area (Å²) >= 11 is 3.66. The highest BCUT2D eigenvalue weighted by Crippen LogP contribution is 2.29. The van der Waals surface area contributed by atoms with Crippen LogP contribution < -0.4 is 4.90 Å². The summed E-state index contributed by atoms with van der Waals surface area (Å²) in [6, 6.07) is 14.4. The molecule has 1 N–H and O–H groups in total. The first-order valence-electron chi connectivity index (χ1n) is 8.68. The van der Waals surface area contributed by atoms with Gasteiger partial charge < -0.3 is 9.88 Å². The summed E-state index contributed by atoms with van der Waals surface area (Å²) in [7, 11) is 0. The molecule has 0 saturated heterocycles. The van der Waals surface area contributed by atoms with Gasteiger partial charge in [0.1, 0.15) is 11.9 Å². The number of allylic oxidation sites excluding steroid dienone is 1. The fourth-order valence-corrected chi connectivity index (χ4v) is 3.65. The van der Waals surface area contributed by atoms with Crippen LogP contribution in [0.5, 0.6) is 0 Å². The molecule has 2 aromatic carbocycles. The van der Waals surface area contributed by atoms with Gasteiger partial charge in [0.2, 0.25) is 0 Å². The van der Waals surface area contributed by atoms with Gasteiger partial charge in [-0.05, 0) is 78.2 Å². The van der Waals surface area contributed by atoms with E-state index in [1.54, 1.807) is 0 Å². The molecule has 1 aromatic heterocycles. The molecule has 0 fully saturated rings. The summed E-state index contributed by atoms with van der Waals surface area (Å²) < 4.78 is 1.02. The maximum atomic E-state index is 9.61.